The van der Waals surface area contributed by atoms with Gasteiger partial charge in [0.1, 0.15) is 0 Å². The number of nitrogens with one attached hydrogen (secondary N) is 1. The van der Waals surface area contributed by atoms with Gasteiger partial charge in [0.2, 0.25) is 0 Å². The molecule has 4 heteroatoms. The van der Waals surface area contributed by atoms with Crippen molar-refractivity contribution in [2.24, 2.45) is 0 Å². The van der Waals surface area contributed by atoms with Crippen LogP contribution in [0.4, 0.5) is 0 Å². The van der Waals surface area contributed by atoms with Crippen LogP contribution in [0.25, 0.3) is 11.3 Å². The third-order valence-electron chi connectivity index (χ3n) is 5.76. The van der Waals surface area contributed by atoms with E-state index in [0.717, 1.165) is 49.4 Å². The molecule has 2 aliphatic carbocycles. The van der Waals surface area contributed by atoms with Crippen molar-refractivity contribution in [3.63, 3.8) is 0 Å². The predicted octanol–water partition coefficient (Wildman–Crippen LogP) is 3.33. The fourth-order valence-corrected chi connectivity index (χ4v) is 5.54. The van der Waals surface area contributed by atoms with Crippen molar-refractivity contribution in [3.8, 4) is 11.3 Å². The number of aromatic nitrogens is 1. The lowest BCUT2D eigenvalue weighted by Crippen LogP contribution is -2.21. The third kappa shape index (κ3) is 2.27. The highest BCUT2D eigenvalue weighted by molar-refractivity contribution is 7.99. The van der Waals surface area contributed by atoms with Crippen LogP contribution in [-0.2, 0) is 25.8 Å². The van der Waals surface area contributed by atoms with E-state index in [1.165, 1.54) is 46.5 Å². The zero-order chi connectivity index (χ0) is 16.1. The Kier molecular flexibility index (Phi) is 3.56. The molecule has 0 saturated carbocycles. The Labute approximate surface area is 146 Å². The molecule has 0 spiro atoms. The molecule has 1 aliphatic heterocycles. The summed E-state index contributed by atoms with van der Waals surface area (Å²) in [7, 11) is 0. The second kappa shape index (κ2) is 5.78. The number of rotatable bonds is 2. The fourth-order valence-electron chi connectivity index (χ4n) is 4.55. The normalized spacial score (nSPS) is 19.2. The number of aromatic amines is 1. The summed E-state index contributed by atoms with van der Waals surface area (Å²) in [5.74, 6) is 2.39. The van der Waals surface area contributed by atoms with Gasteiger partial charge in [0, 0.05) is 42.3 Å². The molecule has 3 nitrogen and oxygen atoms in total. The van der Waals surface area contributed by atoms with Crippen LogP contribution in [0.5, 0.6) is 0 Å². The van der Waals surface area contributed by atoms with Gasteiger partial charge in [-0.15, -0.1) is 11.8 Å². The molecule has 1 aromatic carbocycles. The summed E-state index contributed by atoms with van der Waals surface area (Å²) in [5, 5.41) is 0. The largest absolute Gasteiger partial charge is 0.321 e. The van der Waals surface area contributed by atoms with Crippen molar-refractivity contribution in [1.82, 2.24) is 9.88 Å². The molecule has 0 bridgehead atoms. The summed E-state index contributed by atoms with van der Waals surface area (Å²) in [5.41, 5.74) is 9.23. The van der Waals surface area contributed by atoms with Crippen LogP contribution < -0.4 is 5.56 Å². The molecule has 2 heterocycles. The molecule has 2 aromatic rings. The monoisotopic (exact) mass is 338 g/mol. The van der Waals surface area contributed by atoms with Crippen molar-refractivity contribution < 1.29 is 0 Å². The van der Waals surface area contributed by atoms with Crippen LogP contribution >= 0.6 is 11.8 Å². The lowest BCUT2D eigenvalue weighted by molar-refractivity contribution is 0.348. The van der Waals surface area contributed by atoms with E-state index >= 15 is 0 Å². The zero-order valence-corrected chi connectivity index (χ0v) is 14.7. The predicted molar refractivity (Wildman–Crippen MR) is 99.7 cm³/mol. The van der Waals surface area contributed by atoms with Crippen molar-refractivity contribution in [2.75, 3.05) is 18.2 Å². The van der Waals surface area contributed by atoms with Gasteiger partial charge < -0.3 is 4.98 Å². The Balaban J connectivity index is 1.60. The van der Waals surface area contributed by atoms with Crippen LogP contribution in [0, 0.1) is 0 Å². The fraction of sp³-hybridized carbons (Fsp3) is 0.450. The van der Waals surface area contributed by atoms with Gasteiger partial charge in [0.25, 0.3) is 5.56 Å². The first kappa shape index (κ1) is 14.8. The average Bonchev–Trinajstić information content (AvgIpc) is 3.24. The minimum atomic E-state index is 0.151. The van der Waals surface area contributed by atoms with Gasteiger partial charge in [-0.3, -0.25) is 9.69 Å². The molecular formula is C20H22N2OS. The molecular weight excluding hydrogens is 316 g/mol. The number of H-pyrrole nitrogens is 1. The van der Waals surface area contributed by atoms with Gasteiger partial charge >= 0.3 is 0 Å². The van der Waals surface area contributed by atoms with E-state index in [9.17, 15) is 4.79 Å². The molecule has 124 valence electrons. The highest BCUT2D eigenvalue weighted by atomic mass is 32.2. The van der Waals surface area contributed by atoms with Gasteiger partial charge in [-0.25, -0.2) is 0 Å². The minimum Gasteiger partial charge on any atom is -0.321 e. The first-order chi connectivity index (χ1) is 11.8. The quantitative estimate of drug-likeness (QED) is 0.778. The Hall–Kier alpha value is -1.52. The van der Waals surface area contributed by atoms with E-state index in [-0.39, 0.29) is 5.56 Å². The first-order valence-electron chi connectivity index (χ1n) is 8.99. The third-order valence-corrected chi connectivity index (χ3v) is 6.78. The second-order valence-electron chi connectivity index (χ2n) is 7.18. The number of pyridine rings is 1. The maximum Gasteiger partial charge on any atom is 0.251 e. The van der Waals surface area contributed by atoms with Gasteiger partial charge in [-0.05, 0) is 47.9 Å². The second-order valence-corrected chi connectivity index (χ2v) is 8.26. The van der Waals surface area contributed by atoms with Crippen molar-refractivity contribution in [3.05, 3.63) is 56.4 Å². The van der Waals surface area contributed by atoms with Crippen molar-refractivity contribution in [2.45, 2.75) is 38.6 Å². The minimum absolute atomic E-state index is 0.151. The summed E-state index contributed by atoms with van der Waals surface area (Å²) in [6.45, 7) is 2.23. The molecule has 1 aromatic heterocycles. The molecule has 0 unspecified atom stereocenters. The molecule has 0 atom stereocenters. The lowest BCUT2D eigenvalue weighted by Gasteiger charge is -2.18. The van der Waals surface area contributed by atoms with Gasteiger partial charge in [0.05, 0.1) is 5.69 Å². The molecule has 1 N–H and O–H groups in total. The maximum absolute atomic E-state index is 12.5. The van der Waals surface area contributed by atoms with Crippen molar-refractivity contribution >= 4 is 11.8 Å². The number of benzene rings is 1. The molecule has 0 radical (unpaired) electrons. The summed E-state index contributed by atoms with van der Waals surface area (Å²) >= 11 is 2.02. The molecule has 3 aliphatic rings. The summed E-state index contributed by atoms with van der Waals surface area (Å²) < 4.78 is 0. The Morgan fingerprint density at radius 1 is 1.08 bits per heavy atom. The lowest BCUT2D eigenvalue weighted by atomic mass is 9.88. The van der Waals surface area contributed by atoms with Crippen LogP contribution in [-0.4, -0.2) is 28.1 Å². The summed E-state index contributed by atoms with van der Waals surface area (Å²) in [6, 6.07) is 6.62. The number of fused-ring (bicyclic) bond motifs is 5. The van der Waals surface area contributed by atoms with E-state index in [1.54, 1.807) is 0 Å². The number of hydrogen-bond donors (Lipinski definition) is 1. The number of nitrogens with zero attached hydrogens (tertiary/aromatic N) is 1. The Bertz CT molecular complexity index is 865. The van der Waals surface area contributed by atoms with E-state index in [4.69, 9.17) is 0 Å². The maximum atomic E-state index is 12.5. The highest BCUT2D eigenvalue weighted by Crippen LogP contribution is 2.40. The van der Waals surface area contributed by atoms with E-state index < -0.39 is 0 Å². The molecule has 5 rings (SSSR count). The van der Waals surface area contributed by atoms with E-state index in [2.05, 4.69) is 28.1 Å². The Morgan fingerprint density at radius 3 is 2.79 bits per heavy atom. The summed E-state index contributed by atoms with van der Waals surface area (Å²) in [4.78, 5) is 18.3. The smallest absolute Gasteiger partial charge is 0.251 e. The van der Waals surface area contributed by atoms with E-state index in [1.807, 2.05) is 11.8 Å². The highest BCUT2D eigenvalue weighted by Gasteiger charge is 2.28. The van der Waals surface area contributed by atoms with Gasteiger partial charge in [-0.2, -0.15) is 0 Å². The van der Waals surface area contributed by atoms with Crippen LogP contribution in [0.2, 0.25) is 0 Å². The van der Waals surface area contributed by atoms with Crippen LogP contribution in [0.15, 0.2) is 23.0 Å². The SMILES string of the molecule is O=c1[nH]c2c(c3c1CCCC3)Cc1c(CN3CCSC3)cccc1-2. The first-order valence-corrected chi connectivity index (χ1v) is 10.1. The number of thioether (sulfide) groups is 1. The molecule has 1 saturated heterocycles. The van der Waals surface area contributed by atoms with Crippen LogP contribution in [0.1, 0.15) is 40.7 Å². The topological polar surface area (TPSA) is 36.1 Å². The van der Waals surface area contributed by atoms with Gasteiger partial charge in [-0.1, -0.05) is 18.2 Å². The average molecular weight is 338 g/mol. The molecule has 24 heavy (non-hydrogen) atoms. The standard InChI is InChI=1S/C20H22N2OS/c23-20-16-6-2-1-5-14(16)18-10-17-13(11-22-8-9-24-12-22)4-3-7-15(17)19(18)21-20/h3-4,7H,1-2,5-6,8-12H2,(H,21,23). The van der Waals surface area contributed by atoms with Gasteiger partial charge in [0.15, 0.2) is 0 Å². The molecule has 1 fully saturated rings. The zero-order valence-electron chi connectivity index (χ0n) is 13.9. The Morgan fingerprint density at radius 2 is 1.96 bits per heavy atom. The summed E-state index contributed by atoms with van der Waals surface area (Å²) in [6.07, 6.45) is 5.40. The van der Waals surface area contributed by atoms with Crippen LogP contribution in [0.3, 0.4) is 0 Å². The number of hydrogen-bond acceptors (Lipinski definition) is 3. The molecule has 0 amide bonds. The van der Waals surface area contributed by atoms with Crippen molar-refractivity contribution in [1.29, 1.82) is 0 Å². The van der Waals surface area contributed by atoms with E-state index in [0.29, 0.717) is 0 Å².